The SMILES string of the molecule is COC(=O)C1CC(O)CC(C(=O)OC)O1. The molecule has 0 amide bonds. The van der Waals surface area contributed by atoms with Crippen LogP contribution in [0, 0.1) is 0 Å². The van der Waals surface area contributed by atoms with Crippen molar-refractivity contribution < 1.29 is 28.9 Å². The van der Waals surface area contributed by atoms with Crippen molar-refractivity contribution in [1.82, 2.24) is 0 Å². The van der Waals surface area contributed by atoms with Gasteiger partial charge < -0.3 is 19.3 Å². The molecule has 1 saturated heterocycles. The van der Waals surface area contributed by atoms with Crippen LogP contribution < -0.4 is 0 Å². The quantitative estimate of drug-likeness (QED) is 0.613. The minimum Gasteiger partial charge on any atom is -0.467 e. The fourth-order valence-corrected chi connectivity index (χ4v) is 1.47. The van der Waals surface area contributed by atoms with Gasteiger partial charge in [-0.2, -0.15) is 0 Å². The highest BCUT2D eigenvalue weighted by Gasteiger charge is 2.37. The van der Waals surface area contributed by atoms with Gasteiger partial charge in [0.25, 0.3) is 0 Å². The number of methoxy groups -OCH3 is 2. The Balaban J connectivity index is 2.63. The van der Waals surface area contributed by atoms with Crippen LogP contribution in [0.25, 0.3) is 0 Å². The van der Waals surface area contributed by atoms with E-state index in [4.69, 9.17) is 4.74 Å². The molecule has 0 radical (unpaired) electrons. The van der Waals surface area contributed by atoms with Gasteiger partial charge in [-0.05, 0) is 0 Å². The molecule has 0 spiro atoms. The molecule has 0 aromatic heterocycles. The Bertz CT molecular complexity index is 227. The third-order valence-corrected chi connectivity index (χ3v) is 2.23. The molecule has 2 unspecified atom stereocenters. The van der Waals surface area contributed by atoms with Crippen LogP contribution in [0.15, 0.2) is 0 Å². The van der Waals surface area contributed by atoms with Crippen LogP contribution in [0.4, 0.5) is 0 Å². The van der Waals surface area contributed by atoms with Crippen molar-refractivity contribution in [2.24, 2.45) is 0 Å². The van der Waals surface area contributed by atoms with Gasteiger partial charge in [0, 0.05) is 12.8 Å². The van der Waals surface area contributed by atoms with E-state index >= 15 is 0 Å². The van der Waals surface area contributed by atoms with Gasteiger partial charge in [-0.25, -0.2) is 9.59 Å². The summed E-state index contributed by atoms with van der Waals surface area (Å²) in [5.74, 6) is -1.19. The van der Waals surface area contributed by atoms with Crippen molar-refractivity contribution in [3.05, 3.63) is 0 Å². The van der Waals surface area contributed by atoms with Crippen molar-refractivity contribution in [3.8, 4) is 0 Å². The van der Waals surface area contributed by atoms with Gasteiger partial charge in [0.05, 0.1) is 20.3 Å². The van der Waals surface area contributed by atoms with Crippen LogP contribution in [-0.4, -0.2) is 49.6 Å². The third-order valence-electron chi connectivity index (χ3n) is 2.23. The lowest BCUT2D eigenvalue weighted by Gasteiger charge is -2.29. The van der Waals surface area contributed by atoms with Gasteiger partial charge in [0.1, 0.15) is 0 Å². The molecule has 0 aliphatic carbocycles. The highest BCUT2D eigenvalue weighted by atomic mass is 16.6. The topological polar surface area (TPSA) is 82.1 Å². The molecule has 1 rings (SSSR count). The van der Waals surface area contributed by atoms with Crippen molar-refractivity contribution in [3.63, 3.8) is 0 Å². The van der Waals surface area contributed by atoms with E-state index in [2.05, 4.69) is 9.47 Å². The Hall–Kier alpha value is -1.14. The number of hydrogen-bond donors (Lipinski definition) is 1. The highest BCUT2D eigenvalue weighted by Crippen LogP contribution is 2.21. The average molecular weight is 218 g/mol. The zero-order valence-corrected chi connectivity index (χ0v) is 8.63. The lowest BCUT2D eigenvalue weighted by molar-refractivity contribution is -0.182. The van der Waals surface area contributed by atoms with Crippen molar-refractivity contribution in [2.75, 3.05) is 14.2 Å². The second-order valence-corrected chi connectivity index (χ2v) is 3.28. The van der Waals surface area contributed by atoms with Gasteiger partial charge in [-0.1, -0.05) is 0 Å². The summed E-state index contributed by atoms with van der Waals surface area (Å²) >= 11 is 0. The van der Waals surface area contributed by atoms with E-state index in [-0.39, 0.29) is 12.8 Å². The van der Waals surface area contributed by atoms with E-state index in [0.29, 0.717) is 0 Å². The standard InChI is InChI=1S/C9H14O6/c1-13-8(11)6-3-5(10)4-7(15-6)9(12)14-2/h5-7,10H,3-4H2,1-2H3. The van der Waals surface area contributed by atoms with Crippen LogP contribution >= 0.6 is 0 Å². The second kappa shape index (κ2) is 5.09. The molecular weight excluding hydrogens is 204 g/mol. The van der Waals surface area contributed by atoms with Gasteiger partial charge in [-0.15, -0.1) is 0 Å². The van der Waals surface area contributed by atoms with Crippen LogP contribution in [0.5, 0.6) is 0 Å². The molecule has 86 valence electrons. The summed E-state index contributed by atoms with van der Waals surface area (Å²) in [6.45, 7) is 0. The molecule has 1 N–H and O–H groups in total. The molecule has 2 atom stereocenters. The molecule has 0 aromatic carbocycles. The summed E-state index contributed by atoms with van der Waals surface area (Å²) in [4.78, 5) is 22.3. The molecule has 6 nitrogen and oxygen atoms in total. The fraction of sp³-hybridized carbons (Fsp3) is 0.778. The summed E-state index contributed by atoms with van der Waals surface area (Å²) in [7, 11) is 2.44. The molecule has 1 heterocycles. The average Bonchev–Trinajstić information content (AvgIpc) is 2.26. The Kier molecular flexibility index (Phi) is 4.05. The lowest BCUT2D eigenvalue weighted by Crippen LogP contribution is -2.44. The number of hydrogen-bond acceptors (Lipinski definition) is 6. The summed E-state index contributed by atoms with van der Waals surface area (Å²) in [5.41, 5.74) is 0. The van der Waals surface area contributed by atoms with Gasteiger partial charge in [0.15, 0.2) is 12.2 Å². The van der Waals surface area contributed by atoms with Gasteiger partial charge in [0.2, 0.25) is 0 Å². The Morgan fingerprint density at radius 3 is 1.87 bits per heavy atom. The maximum atomic E-state index is 11.2. The predicted molar refractivity (Wildman–Crippen MR) is 47.9 cm³/mol. The fourth-order valence-electron chi connectivity index (χ4n) is 1.47. The van der Waals surface area contributed by atoms with Crippen LogP contribution in [0.1, 0.15) is 12.8 Å². The minimum absolute atomic E-state index is 0.139. The third kappa shape index (κ3) is 2.90. The molecule has 15 heavy (non-hydrogen) atoms. The first-order chi connectivity index (χ1) is 7.08. The minimum atomic E-state index is -0.900. The van der Waals surface area contributed by atoms with Crippen molar-refractivity contribution in [2.45, 2.75) is 31.2 Å². The Morgan fingerprint density at radius 1 is 1.13 bits per heavy atom. The summed E-state index contributed by atoms with van der Waals surface area (Å²) in [6, 6.07) is 0. The van der Waals surface area contributed by atoms with E-state index in [1.807, 2.05) is 0 Å². The smallest absolute Gasteiger partial charge is 0.335 e. The number of aliphatic hydroxyl groups excluding tert-OH is 1. The molecule has 1 fully saturated rings. The van der Waals surface area contributed by atoms with E-state index in [0.717, 1.165) is 0 Å². The van der Waals surface area contributed by atoms with Gasteiger partial charge in [-0.3, -0.25) is 0 Å². The maximum Gasteiger partial charge on any atom is 0.335 e. The van der Waals surface area contributed by atoms with E-state index in [1.54, 1.807) is 0 Å². The summed E-state index contributed by atoms with van der Waals surface area (Å²) < 4.78 is 14.1. The Morgan fingerprint density at radius 2 is 1.53 bits per heavy atom. The Labute approximate surface area is 87.1 Å². The maximum absolute atomic E-state index is 11.2. The first kappa shape index (κ1) is 11.9. The molecule has 6 heteroatoms. The van der Waals surface area contributed by atoms with Crippen LogP contribution in [0.2, 0.25) is 0 Å². The summed E-state index contributed by atoms with van der Waals surface area (Å²) in [5, 5.41) is 9.44. The van der Waals surface area contributed by atoms with E-state index in [1.165, 1.54) is 14.2 Å². The molecule has 0 aromatic rings. The zero-order valence-electron chi connectivity index (χ0n) is 8.63. The van der Waals surface area contributed by atoms with E-state index < -0.39 is 30.3 Å². The largest absolute Gasteiger partial charge is 0.467 e. The van der Waals surface area contributed by atoms with Gasteiger partial charge >= 0.3 is 11.9 Å². The van der Waals surface area contributed by atoms with Crippen LogP contribution in [-0.2, 0) is 23.8 Å². The summed E-state index contributed by atoms with van der Waals surface area (Å²) in [6.07, 6.45) is -2.28. The second-order valence-electron chi connectivity index (χ2n) is 3.28. The predicted octanol–water partition coefficient (Wildman–Crippen LogP) is -0.759. The van der Waals surface area contributed by atoms with Crippen molar-refractivity contribution >= 4 is 11.9 Å². The van der Waals surface area contributed by atoms with E-state index in [9.17, 15) is 14.7 Å². The first-order valence-corrected chi connectivity index (χ1v) is 4.57. The highest BCUT2D eigenvalue weighted by molar-refractivity contribution is 5.78. The molecule has 0 bridgehead atoms. The number of ether oxygens (including phenoxy) is 3. The number of aliphatic hydroxyl groups is 1. The molecule has 1 aliphatic heterocycles. The number of carbonyl (C=O) groups excluding carboxylic acids is 2. The molecule has 1 aliphatic rings. The normalized spacial score (nSPS) is 30.7. The monoisotopic (exact) mass is 218 g/mol. The lowest BCUT2D eigenvalue weighted by atomic mass is 10.0. The van der Waals surface area contributed by atoms with Crippen LogP contribution in [0.3, 0.4) is 0 Å². The first-order valence-electron chi connectivity index (χ1n) is 4.57. The van der Waals surface area contributed by atoms with Crippen molar-refractivity contribution in [1.29, 1.82) is 0 Å². The molecule has 0 saturated carbocycles. The number of carbonyl (C=O) groups is 2. The number of esters is 2. The number of rotatable bonds is 2. The molecular formula is C9H14O6. The zero-order chi connectivity index (χ0) is 11.4.